The lowest BCUT2D eigenvalue weighted by molar-refractivity contribution is 0.0305. The van der Waals surface area contributed by atoms with Crippen molar-refractivity contribution in [2.75, 3.05) is 13.2 Å². The van der Waals surface area contributed by atoms with Crippen molar-refractivity contribution in [1.29, 1.82) is 0 Å². The zero-order chi connectivity index (χ0) is 14.3. The first-order valence-corrected chi connectivity index (χ1v) is 8.72. The van der Waals surface area contributed by atoms with Crippen LogP contribution in [0.2, 0.25) is 5.02 Å². The Morgan fingerprint density at radius 2 is 1.90 bits per heavy atom. The van der Waals surface area contributed by atoms with E-state index in [2.05, 4.69) is 17.4 Å². The number of halogens is 1. The SMILES string of the molecule is Clc1ccc(CC2(CNC3CC3)CCOC2C2CC2)cc1. The number of rotatable bonds is 6. The summed E-state index contributed by atoms with van der Waals surface area (Å²) in [5.41, 5.74) is 1.69. The van der Waals surface area contributed by atoms with Crippen LogP contribution in [0, 0.1) is 11.3 Å². The molecule has 114 valence electrons. The summed E-state index contributed by atoms with van der Waals surface area (Å²) in [6.45, 7) is 2.04. The van der Waals surface area contributed by atoms with Gasteiger partial charge in [0, 0.05) is 29.6 Å². The van der Waals surface area contributed by atoms with Crippen LogP contribution in [0.25, 0.3) is 0 Å². The molecule has 0 amide bonds. The van der Waals surface area contributed by atoms with Gasteiger partial charge in [0.1, 0.15) is 0 Å². The summed E-state index contributed by atoms with van der Waals surface area (Å²) >= 11 is 6.03. The Morgan fingerprint density at radius 3 is 2.57 bits per heavy atom. The van der Waals surface area contributed by atoms with E-state index in [9.17, 15) is 0 Å². The highest BCUT2D eigenvalue weighted by Gasteiger charge is 2.51. The fourth-order valence-electron chi connectivity index (χ4n) is 3.83. The molecule has 3 heteroatoms. The predicted molar refractivity (Wildman–Crippen MR) is 85.7 cm³/mol. The molecule has 21 heavy (non-hydrogen) atoms. The smallest absolute Gasteiger partial charge is 0.0675 e. The molecular weight excluding hydrogens is 282 g/mol. The fourth-order valence-corrected chi connectivity index (χ4v) is 3.95. The van der Waals surface area contributed by atoms with Crippen molar-refractivity contribution in [2.24, 2.45) is 11.3 Å². The number of hydrogen-bond donors (Lipinski definition) is 1. The van der Waals surface area contributed by atoms with E-state index in [0.717, 1.165) is 36.6 Å². The van der Waals surface area contributed by atoms with E-state index in [4.69, 9.17) is 16.3 Å². The molecule has 3 aliphatic rings. The summed E-state index contributed by atoms with van der Waals surface area (Å²) in [5.74, 6) is 0.806. The van der Waals surface area contributed by atoms with Crippen molar-refractivity contribution in [2.45, 2.75) is 50.7 Å². The Morgan fingerprint density at radius 1 is 1.14 bits per heavy atom. The van der Waals surface area contributed by atoms with Crippen molar-refractivity contribution < 1.29 is 4.74 Å². The third-order valence-corrected chi connectivity index (χ3v) is 5.59. The molecule has 0 spiro atoms. The molecule has 1 aliphatic heterocycles. The molecule has 1 aromatic carbocycles. The summed E-state index contributed by atoms with van der Waals surface area (Å²) in [7, 11) is 0. The van der Waals surface area contributed by atoms with E-state index in [1.54, 1.807) is 0 Å². The van der Waals surface area contributed by atoms with Gasteiger partial charge in [-0.05, 0) is 62.1 Å². The van der Waals surface area contributed by atoms with E-state index in [1.807, 2.05) is 12.1 Å². The minimum Gasteiger partial charge on any atom is -0.377 e. The summed E-state index contributed by atoms with van der Waals surface area (Å²) in [6, 6.07) is 9.17. The van der Waals surface area contributed by atoms with E-state index >= 15 is 0 Å². The van der Waals surface area contributed by atoms with Crippen LogP contribution in [0.4, 0.5) is 0 Å². The Balaban J connectivity index is 1.54. The van der Waals surface area contributed by atoms with Crippen molar-refractivity contribution in [3.05, 3.63) is 34.9 Å². The van der Waals surface area contributed by atoms with E-state index < -0.39 is 0 Å². The van der Waals surface area contributed by atoms with Crippen molar-refractivity contribution in [3.63, 3.8) is 0 Å². The number of ether oxygens (including phenoxy) is 1. The molecule has 1 heterocycles. The van der Waals surface area contributed by atoms with Crippen LogP contribution in [0.15, 0.2) is 24.3 Å². The molecule has 0 radical (unpaired) electrons. The molecule has 2 nitrogen and oxygen atoms in total. The summed E-state index contributed by atoms with van der Waals surface area (Å²) in [4.78, 5) is 0. The largest absolute Gasteiger partial charge is 0.377 e. The molecule has 2 aliphatic carbocycles. The van der Waals surface area contributed by atoms with Gasteiger partial charge in [0.25, 0.3) is 0 Å². The summed E-state index contributed by atoms with van der Waals surface area (Å²) in [5, 5.41) is 4.60. The second-order valence-corrected chi connectivity index (χ2v) is 7.64. The maximum Gasteiger partial charge on any atom is 0.0675 e. The molecule has 3 fully saturated rings. The van der Waals surface area contributed by atoms with Crippen LogP contribution in [-0.4, -0.2) is 25.3 Å². The second kappa shape index (κ2) is 5.57. The lowest BCUT2D eigenvalue weighted by atomic mass is 9.74. The third kappa shape index (κ3) is 3.13. The second-order valence-electron chi connectivity index (χ2n) is 7.20. The standard InChI is InChI=1S/C18H24ClNO/c19-15-5-1-13(2-6-15)11-18(12-20-16-7-8-16)9-10-21-17(18)14-3-4-14/h1-2,5-6,14,16-17,20H,3-4,7-12H2. The van der Waals surface area contributed by atoms with Gasteiger partial charge in [-0.1, -0.05) is 23.7 Å². The van der Waals surface area contributed by atoms with Gasteiger partial charge in [0.2, 0.25) is 0 Å². The lowest BCUT2D eigenvalue weighted by Crippen LogP contribution is -2.44. The third-order valence-electron chi connectivity index (χ3n) is 5.34. The topological polar surface area (TPSA) is 21.3 Å². The van der Waals surface area contributed by atoms with Crippen LogP contribution in [0.1, 0.15) is 37.7 Å². The van der Waals surface area contributed by atoms with Gasteiger partial charge in [-0.25, -0.2) is 0 Å². The normalized spacial score (nSPS) is 32.5. The van der Waals surface area contributed by atoms with Gasteiger partial charge in [-0.2, -0.15) is 0 Å². The minimum absolute atomic E-state index is 0.289. The van der Waals surface area contributed by atoms with Gasteiger partial charge < -0.3 is 10.1 Å². The maximum absolute atomic E-state index is 6.18. The zero-order valence-electron chi connectivity index (χ0n) is 12.5. The highest BCUT2D eigenvalue weighted by Crippen LogP contribution is 2.49. The van der Waals surface area contributed by atoms with Crippen LogP contribution in [0.5, 0.6) is 0 Å². The van der Waals surface area contributed by atoms with Gasteiger partial charge in [0.05, 0.1) is 6.10 Å². The van der Waals surface area contributed by atoms with E-state index in [0.29, 0.717) is 6.10 Å². The molecule has 1 aromatic rings. The Hall–Kier alpha value is -0.570. The number of benzene rings is 1. The molecule has 2 unspecified atom stereocenters. The molecule has 0 aromatic heterocycles. The van der Waals surface area contributed by atoms with Crippen LogP contribution < -0.4 is 5.32 Å². The van der Waals surface area contributed by atoms with Crippen molar-refractivity contribution in [1.82, 2.24) is 5.32 Å². The molecule has 2 atom stereocenters. The Bertz CT molecular complexity index is 494. The van der Waals surface area contributed by atoms with Crippen LogP contribution in [0.3, 0.4) is 0 Å². The Kier molecular flexibility index (Phi) is 3.72. The highest BCUT2D eigenvalue weighted by atomic mass is 35.5. The zero-order valence-corrected chi connectivity index (χ0v) is 13.2. The Labute approximate surface area is 132 Å². The van der Waals surface area contributed by atoms with Crippen LogP contribution in [-0.2, 0) is 11.2 Å². The average molecular weight is 306 g/mol. The first kappa shape index (κ1) is 14.0. The quantitative estimate of drug-likeness (QED) is 0.862. The summed E-state index contributed by atoms with van der Waals surface area (Å²) < 4.78 is 6.18. The van der Waals surface area contributed by atoms with Crippen molar-refractivity contribution >= 4 is 11.6 Å². The predicted octanol–water partition coefficient (Wildman–Crippen LogP) is 3.82. The molecular formula is C18H24ClNO. The van der Waals surface area contributed by atoms with E-state index in [1.165, 1.54) is 37.7 Å². The van der Waals surface area contributed by atoms with Gasteiger partial charge >= 0.3 is 0 Å². The summed E-state index contributed by atoms with van der Waals surface area (Å²) in [6.07, 6.45) is 8.19. The van der Waals surface area contributed by atoms with Gasteiger partial charge in [-0.3, -0.25) is 0 Å². The average Bonchev–Trinajstić information content (AvgIpc) is 3.40. The van der Waals surface area contributed by atoms with Crippen LogP contribution >= 0.6 is 11.6 Å². The van der Waals surface area contributed by atoms with Crippen molar-refractivity contribution in [3.8, 4) is 0 Å². The molecule has 0 bridgehead atoms. The minimum atomic E-state index is 0.289. The highest BCUT2D eigenvalue weighted by molar-refractivity contribution is 6.30. The van der Waals surface area contributed by atoms with Gasteiger partial charge in [-0.15, -0.1) is 0 Å². The number of hydrogen-bond acceptors (Lipinski definition) is 2. The molecule has 1 N–H and O–H groups in total. The first-order chi connectivity index (χ1) is 10.3. The number of nitrogens with one attached hydrogen (secondary N) is 1. The molecule has 1 saturated heterocycles. The maximum atomic E-state index is 6.18. The van der Waals surface area contributed by atoms with Gasteiger partial charge in [0.15, 0.2) is 0 Å². The molecule has 4 rings (SSSR count). The lowest BCUT2D eigenvalue weighted by Gasteiger charge is -2.35. The fraction of sp³-hybridized carbons (Fsp3) is 0.667. The van der Waals surface area contributed by atoms with E-state index in [-0.39, 0.29) is 5.41 Å². The first-order valence-electron chi connectivity index (χ1n) is 8.35. The molecule has 2 saturated carbocycles. The monoisotopic (exact) mass is 305 g/mol.